The minimum atomic E-state index is -0.743. The number of unbranched alkanes of at least 4 members (excludes halogenated alkanes) is 5. The largest absolute Gasteiger partial charge is 0.616 e. The number of phenols is 1. The number of nitrogens with two attached hydrogens (primary N) is 1. The van der Waals surface area contributed by atoms with Gasteiger partial charge in [-0.05, 0) is 74.2 Å². The van der Waals surface area contributed by atoms with Crippen molar-refractivity contribution in [3.8, 4) is 17.2 Å². The van der Waals surface area contributed by atoms with Crippen LogP contribution in [0.5, 0.6) is 17.2 Å². The second-order valence-corrected chi connectivity index (χ2v) is 11.1. The summed E-state index contributed by atoms with van der Waals surface area (Å²) in [5, 5.41) is 10.5. The fourth-order valence-corrected chi connectivity index (χ4v) is 5.52. The van der Waals surface area contributed by atoms with Crippen molar-refractivity contribution in [1.82, 2.24) is 4.98 Å². The van der Waals surface area contributed by atoms with E-state index in [2.05, 4.69) is 18.8 Å². The molecule has 0 saturated carbocycles. The van der Waals surface area contributed by atoms with E-state index < -0.39 is 11.2 Å². The van der Waals surface area contributed by atoms with E-state index in [1.807, 2.05) is 30.5 Å². The standard InChI is InChI=1S/C18H28O3S.C10H12N2O/c1-3-4-5-6-7-8-11-22(19)15(2)12-16-9-10-17-18(13-16)21-14-20-17;11-4-3-7-6-12-10-2-1-8(13)5-9(7)10/h9-10,13,15H,3-8,11-12,14H2,1-2H3;1-2,5-6,12-13H,3-4,11H2. The van der Waals surface area contributed by atoms with Crippen LogP contribution >= 0.6 is 0 Å². The number of H-pyrrole nitrogens is 1. The van der Waals surface area contributed by atoms with Crippen molar-refractivity contribution in [3.05, 3.63) is 53.7 Å². The van der Waals surface area contributed by atoms with Gasteiger partial charge in [0.25, 0.3) is 0 Å². The molecular formula is C28H40N2O4S. The molecule has 6 nitrogen and oxygen atoms in total. The van der Waals surface area contributed by atoms with Gasteiger partial charge in [-0.1, -0.05) is 49.8 Å². The lowest BCUT2D eigenvalue weighted by Gasteiger charge is -2.18. The van der Waals surface area contributed by atoms with Gasteiger partial charge >= 0.3 is 0 Å². The van der Waals surface area contributed by atoms with Crippen molar-refractivity contribution in [2.24, 2.45) is 5.73 Å². The Bertz CT molecular complexity index is 1040. The molecule has 0 saturated heterocycles. The summed E-state index contributed by atoms with van der Waals surface area (Å²) in [4.78, 5) is 3.13. The van der Waals surface area contributed by atoms with Crippen LogP contribution in [0.1, 0.15) is 63.5 Å². The predicted molar refractivity (Wildman–Crippen MR) is 145 cm³/mol. The lowest BCUT2D eigenvalue weighted by atomic mass is 10.1. The van der Waals surface area contributed by atoms with Crippen LogP contribution in [0, 0.1) is 0 Å². The van der Waals surface area contributed by atoms with Gasteiger partial charge in [0.05, 0.1) is 0 Å². The fraction of sp³-hybridized carbons (Fsp3) is 0.500. The summed E-state index contributed by atoms with van der Waals surface area (Å²) in [6.45, 7) is 5.24. The Kier molecular flexibility index (Phi) is 11.1. The van der Waals surface area contributed by atoms with Crippen LogP contribution in [-0.2, 0) is 24.0 Å². The smallest absolute Gasteiger partial charge is 0.231 e. The highest BCUT2D eigenvalue weighted by atomic mass is 32.2. The SMILES string of the molecule is CCCCCCCC[S+]([O-])C(C)Cc1ccc2c(c1)OCO2.NCCc1c[nH]c2ccc(O)cc12. The number of phenolic OH excluding ortho intramolecular Hbond substituents is 1. The number of hydrogen-bond donors (Lipinski definition) is 3. The number of benzene rings is 2. The van der Waals surface area contributed by atoms with E-state index in [1.54, 1.807) is 12.1 Å². The predicted octanol–water partition coefficient (Wildman–Crippen LogP) is 5.83. The van der Waals surface area contributed by atoms with Crippen molar-refractivity contribution < 1.29 is 19.1 Å². The Labute approximate surface area is 212 Å². The van der Waals surface area contributed by atoms with Gasteiger partial charge in [-0.3, -0.25) is 0 Å². The van der Waals surface area contributed by atoms with Crippen molar-refractivity contribution in [2.45, 2.75) is 70.5 Å². The Morgan fingerprint density at radius 3 is 2.63 bits per heavy atom. The molecule has 1 aliphatic rings. The molecule has 1 aliphatic heterocycles. The Balaban J connectivity index is 0.000000223. The summed E-state index contributed by atoms with van der Waals surface area (Å²) in [6, 6.07) is 11.3. The van der Waals surface area contributed by atoms with Crippen LogP contribution in [-0.4, -0.2) is 39.0 Å². The quantitative estimate of drug-likeness (QED) is 0.214. The molecule has 7 heteroatoms. The Hall–Kier alpha value is -2.35. The molecule has 2 atom stereocenters. The molecule has 0 fully saturated rings. The normalized spacial score (nSPS) is 13.9. The molecule has 192 valence electrons. The van der Waals surface area contributed by atoms with E-state index in [0.29, 0.717) is 19.1 Å². The second-order valence-electron chi connectivity index (χ2n) is 9.14. The average molecular weight is 501 g/mol. The van der Waals surface area contributed by atoms with Crippen LogP contribution in [0.2, 0.25) is 0 Å². The lowest BCUT2D eigenvalue weighted by Crippen LogP contribution is -2.23. The third-order valence-corrected chi connectivity index (χ3v) is 8.03. The zero-order valence-corrected chi connectivity index (χ0v) is 21.9. The number of fused-ring (bicyclic) bond motifs is 2. The number of rotatable bonds is 12. The minimum Gasteiger partial charge on any atom is -0.616 e. The molecule has 2 aromatic carbocycles. The number of aromatic hydroxyl groups is 1. The molecule has 1 aromatic heterocycles. The highest BCUT2D eigenvalue weighted by Gasteiger charge is 2.19. The number of aromatic amines is 1. The van der Waals surface area contributed by atoms with Gasteiger partial charge < -0.3 is 29.9 Å². The molecule has 4 rings (SSSR count). The first-order valence-corrected chi connectivity index (χ1v) is 14.1. The highest BCUT2D eigenvalue weighted by molar-refractivity contribution is 7.91. The highest BCUT2D eigenvalue weighted by Crippen LogP contribution is 2.33. The van der Waals surface area contributed by atoms with E-state index >= 15 is 0 Å². The molecule has 4 N–H and O–H groups in total. The summed E-state index contributed by atoms with van der Waals surface area (Å²) in [6.07, 6.45) is 11.1. The van der Waals surface area contributed by atoms with Gasteiger partial charge in [-0.15, -0.1) is 0 Å². The molecule has 0 radical (unpaired) electrons. The first-order valence-electron chi connectivity index (χ1n) is 12.8. The first-order chi connectivity index (χ1) is 17.0. The van der Waals surface area contributed by atoms with Crippen molar-refractivity contribution in [1.29, 1.82) is 0 Å². The third kappa shape index (κ3) is 8.37. The maximum atomic E-state index is 12.3. The van der Waals surface area contributed by atoms with E-state index in [-0.39, 0.29) is 5.25 Å². The molecule has 2 unspecified atom stereocenters. The van der Waals surface area contributed by atoms with E-state index in [0.717, 1.165) is 53.0 Å². The van der Waals surface area contributed by atoms with Gasteiger partial charge in [0.15, 0.2) is 11.5 Å². The van der Waals surface area contributed by atoms with Crippen LogP contribution in [0.25, 0.3) is 10.9 Å². The molecule has 0 amide bonds. The molecule has 3 aromatic rings. The summed E-state index contributed by atoms with van der Waals surface area (Å²) >= 11 is -0.743. The van der Waals surface area contributed by atoms with E-state index in [4.69, 9.17) is 15.2 Å². The van der Waals surface area contributed by atoms with E-state index in [9.17, 15) is 9.66 Å². The van der Waals surface area contributed by atoms with E-state index in [1.165, 1.54) is 37.7 Å². The Morgan fingerprint density at radius 2 is 1.83 bits per heavy atom. The number of ether oxygens (including phenoxy) is 2. The topological polar surface area (TPSA) is 104 Å². The Morgan fingerprint density at radius 1 is 1.06 bits per heavy atom. The van der Waals surface area contributed by atoms with Gasteiger partial charge in [0.2, 0.25) is 6.79 Å². The number of aromatic nitrogens is 1. The molecule has 0 aliphatic carbocycles. The van der Waals surface area contributed by atoms with Gasteiger partial charge in [-0.2, -0.15) is 0 Å². The number of hydrogen-bond acceptors (Lipinski definition) is 5. The van der Waals surface area contributed by atoms with Gasteiger partial charge in [-0.25, -0.2) is 0 Å². The average Bonchev–Trinajstić information content (AvgIpc) is 3.48. The maximum absolute atomic E-state index is 12.3. The van der Waals surface area contributed by atoms with Crippen LogP contribution in [0.15, 0.2) is 42.6 Å². The van der Waals surface area contributed by atoms with Crippen LogP contribution < -0.4 is 15.2 Å². The van der Waals surface area contributed by atoms with Crippen LogP contribution in [0.4, 0.5) is 0 Å². The molecule has 0 bridgehead atoms. The number of nitrogens with one attached hydrogen (secondary N) is 1. The monoisotopic (exact) mass is 500 g/mol. The fourth-order valence-electron chi connectivity index (χ4n) is 4.25. The molecule has 35 heavy (non-hydrogen) atoms. The lowest BCUT2D eigenvalue weighted by molar-refractivity contribution is 0.174. The summed E-state index contributed by atoms with van der Waals surface area (Å²) in [5.74, 6) is 2.75. The minimum absolute atomic E-state index is 0.191. The van der Waals surface area contributed by atoms with Gasteiger partial charge in [0, 0.05) is 23.5 Å². The van der Waals surface area contributed by atoms with Gasteiger partial charge in [0.1, 0.15) is 16.8 Å². The van der Waals surface area contributed by atoms with Crippen LogP contribution in [0.3, 0.4) is 0 Å². The summed E-state index contributed by atoms with van der Waals surface area (Å²) in [5.41, 5.74) is 8.85. The van der Waals surface area contributed by atoms with Crippen molar-refractivity contribution >= 4 is 22.1 Å². The zero-order chi connectivity index (χ0) is 25.0. The summed E-state index contributed by atoms with van der Waals surface area (Å²) in [7, 11) is 0. The second kappa shape index (κ2) is 14.3. The third-order valence-electron chi connectivity index (χ3n) is 6.27. The van der Waals surface area contributed by atoms with Crippen molar-refractivity contribution in [3.63, 3.8) is 0 Å². The van der Waals surface area contributed by atoms with Crippen molar-refractivity contribution in [2.75, 3.05) is 19.1 Å². The maximum Gasteiger partial charge on any atom is 0.231 e. The molecule has 0 spiro atoms. The summed E-state index contributed by atoms with van der Waals surface area (Å²) < 4.78 is 23.0. The molecular weight excluding hydrogens is 460 g/mol. The molecule has 2 heterocycles. The first kappa shape index (κ1) is 27.2. The zero-order valence-electron chi connectivity index (χ0n) is 21.1.